The van der Waals surface area contributed by atoms with E-state index in [9.17, 15) is 22.8 Å². The number of amides is 1. The number of carbonyl (C=O) groups is 1. The maximum Gasteiger partial charge on any atom is 0.416 e. The number of nitrogens with zero attached hydrogens (tertiary/aromatic N) is 2. The lowest BCUT2D eigenvalue weighted by atomic mass is 10.2. The van der Waals surface area contributed by atoms with Crippen molar-refractivity contribution in [3.8, 4) is 5.69 Å². The second-order valence-electron chi connectivity index (χ2n) is 5.92. The van der Waals surface area contributed by atoms with Gasteiger partial charge in [-0.15, -0.1) is 0 Å². The zero-order valence-corrected chi connectivity index (χ0v) is 15.2. The lowest BCUT2D eigenvalue weighted by Crippen LogP contribution is -2.27. The Balaban J connectivity index is 2.00. The van der Waals surface area contributed by atoms with Crippen LogP contribution in [0.25, 0.3) is 5.69 Å². The molecule has 0 saturated heterocycles. The number of rotatable bonds is 3. The molecule has 3 aromatic rings. The van der Waals surface area contributed by atoms with Crippen molar-refractivity contribution in [1.29, 1.82) is 0 Å². The molecule has 28 heavy (non-hydrogen) atoms. The topological polar surface area (TPSA) is 64.0 Å². The molecule has 0 saturated carbocycles. The van der Waals surface area contributed by atoms with Crippen LogP contribution in [-0.4, -0.2) is 15.7 Å². The Morgan fingerprint density at radius 2 is 1.79 bits per heavy atom. The third-order valence-electron chi connectivity index (χ3n) is 3.84. The summed E-state index contributed by atoms with van der Waals surface area (Å²) < 4.78 is 40.0. The minimum atomic E-state index is -4.53. The highest BCUT2D eigenvalue weighted by atomic mass is 35.5. The molecule has 0 aliphatic heterocycles. The molecule has 0 fully saturated rings. The summed E-state index contributed by atoms with van der Waals surface area (Å²) in [6.45, 7) is 1.51. The molecule has 5 nitrogen and oxygen atoms in total. The minimum absolute atomic E-state index is 0.0767. The number of halogens is 4. The van der Waals surface area contributed by atoms with Gasteiger partial charge in [0.05, 0.1) is 11.3 Å². The van der Waals surface area contributed by atoms with Crippen molar-refractivity contribution in [2.75, 3.05) is 5.32 Å². The van der Waals surface area contributed by atoms with Crippen LogP contribution in [0.2, 0.25) is 5.02 Å². The zero-order chi connectivity index (χ0) is 20.5. The predicted molar refractivity (Wildman–Crippen MR) is 99.0 cm³/mol. The van der Waals surface area contributed by atoms with Crippen molar-refractivity contribution >= 4 is 23.2 Å². The summed E-state index contributed by atoms with van der Waals surface area (Å²) in [4.78, 5) is 24.6. The minimum Gasteiger partial charge on any atom is -0.320 e. The summed E-state index contributed by atoms with van der Waals surface area (Å²) in [5, 5.41) is 6.95. The van der Waals surface area contributed by atoms with Crippen LogP contribution >= 0.6 is 11.6 Å². The smallest absolute Gasteiger partial charge is 0.320 e. The average Bonchev–Trinajstić information content (AvgIpc) is 2.63. The highest BCUT2D eigenvalue weighted by molar-refractivity contribution is 6.30. The van der Waals surface area contributed by atoms with Crippen LogP contribution in [0.3, 0.4) is 0 Å². The number of nitrogens with one attached hydrogen (secondary N) is 1. The fraction of sp³-hybridized carbons (Fsp3) is 0.105. The summed E-state index contributed by atoms with van der Waals surface area (Å²) in [6.07, 6.45) is -4.53. The van der Waals surface area contributed by atoms with E-state index in [1.54, 1.807) is 24.3 Å². The molecular formula is C19H13ClF3N3O2. The van der Waals surface area contributed by atoms with Gasteiger partial charge in [-0.3, -0.25) is 9.59 Å². The normalized spacial score (nSPS) is 11.3. The van der Waals surface area contributed by atoms with Crippen LogP contribution in [0.1, 0.15) is 21.7 Å². The monoisotopic (exact) mass is 407 g/mol. The van der Waals surface area contributed by atoms with Crippen LogP contribution in [0.4, 0.5) is 18.9 Å². The Labute approximate surface area is 162 Å². The fourth-order valence-corrected chi connectivity index (χ4v) is 2.63. The van der Waals surface area contributed by atoms with E-state index >= 15 is 0 Å². The summed E-state index contributed by atoms with van der Waals surface area (Å²) >= 11 is 5.78. The largest absolute Gasteiger partial charge is 0.416 e. The number of aromatic nitrogens is 2. The lowest BCUT2D eigenvalue weighted by Gasteiger charge is -2.13. The van der Waals surface area contributed by atoms with E-state index in [1.165, 1.54) is 19.1 Å². The summed E-state index contributed by atoms with van der Waals surface area (Å²) in [5.74, 6) is -0.784. The third kappa shape index (κ3) is 4.23. The van der Waals surface area contributed by atoms with Crippen LogP contribution in [-0.2, 0) is 6.18 Å². The Morgan fingerprint density at radius 1 is 1.11 bits per heavy atom. The first-order chi connectivity index (χ1) is 13.1. The van der Waals surface area contributed by atoms with E-state index in [1.807, 2.05) is 0 Å². The van der Waals surface area contributed by atoms with Crippen molar-refractivity contribution in [2.45, 2.75) is 13.1 Å². The quantitative estimate of drug-likeness (QED) is 0.697. The van der Waals surface area contributed by atoms with Crippen LogP contribution < -0.4 is 10.7 Å². The molecule has 0 bridgehead atoms. The number of alkyl halides is 3. The number of hydrogen-bond donors (Lipinski definition) is 1. The van der Waals surface area contributed by atoms with Crippen LogP contribution in [0, 0.1) is 6.92 Å². The SMILES string of the molecule is Cc1cc(=O)c(C(=O)Nc2ccc(Cl)cc2)nn1-c1cccc(C(F)(F)F)c1. The van der Waals surface area contributed by atoms with Gasteiger partial charge in [0, 0.05) is 22.5 Å². The Morgan fingerprint density at radius 3 is 2.43 bits per heavy atom. The van der Waals surface area contributed by atoms with E-state index in [-0.39, 0.29) is 11.4 Å². The number of aryl methyl sites for hydroxylation is 1. The summed E-state index contributed by atoms with van der Waals surface area (Å²) in [6, 6.07) is 11.8. The van der Waals surface area contributed by atoms with Crippen LogP contribution in [0.5, 0.6) is 0 Å². The molecule has 144 valence electrons. The van der Waals surface area contributed by atoms with Gasteiger partial charge in [0.25, 0.3) is 5.91 Å². The number of hydrogen-bond acceptors (Lipinski definition) is 3. The second kappa shape index (κ2) is 7.47. The standard InChI is InChI=1S/C19H13ClF3N3O2/c1-11-9-16(27)17(18(28)24-14-7-5-13(20)6-8-14)25-26(11)15-4-2-3-12(10-15)19(21,22)23/h2-10H,1H3,(H,24,28). The van der Waals surface area contributed by atoms with Gasteiger partial charge in [0.1, 0.15) is 0 Å². The van der Waals surface area contributed by atoms with Gasteiger partial charge in [0.2, 0.25) is 5.43 Å². The van der Waals surface area contributed by atoms with Crippen molar-refractivity contribution in [1.82, 2.24) is 9.78 Å². The van der Waals surface area contributed by atoms with Gasteiger partial charge in [-0.05, 0) is 49.4 Å². The Kier molecular flexibility index (Phi) is 5.24. The molecule has 9 heteroatoms. The zero-order valence-electron chi connectivity index (χ0n) is 14.4. The van der Waals surface area contributed by atoms with Gasteiger partial charge in [0.15, 0.2) is 5.69 Å². The average molecular weight is 408 g/mol. The second-order valence-corrected chi connectivity index (χ2v) is 6.36. The molecule has 0 aliphatic rings. The van der Waals surface area contributed by atoms with Crippen molar-refractivity contribution < 1.29 is 18.0 Å². The molecular weight excluding hydrogens is 395 g/mol. The van der Waals surface area contributed by atoms with E-state index < -0.39 is 28.8 Å². The van der Waals surface area contributed by atoms with Crippen molar-refractivity contribution in [3.05, 3.63) is 86.8 Å². The van der Waals surface area contributed by atoms with Gasteiger partial charge < -0.3 is 5.32 Å². The van der Waals surface area contributed by atoms with Gasteiger partial charge in [-0.2, -0.15) is 18.3 Å². The number of benzene rings is 2. The first-order valence-corrected chi connectivity index (χ1v) is 8.38. The molecule has 3 rings (SSSR count). The number of carbonyl (C=O) groups excluding carboxylic acids is 1. The molecule has 0 spiro atoms. The third-order valence-corrected chi connectivity index (χ3v) is 4.09. The van der Waals surface area contributed by atoms with E-state index in [0.29, 0.717) is 10.7 Å². The highest BCUT2D eigenvalue weighted by Crippen LogP contribution is 2.30. The molecule has 1 amide bonds. The van der Waals surface area contributed by atoms with Gasteiger partial charge in [-0.1, -0.05) is 17.7 Å². The first-order valence-electron chi connectivity index (χ1n) is 8.01. The predicted octanol–water partition coefficient (Wildman–Crippen LogP) is 4.47. The maximum absolute atomic E-state index is 13.0. The molecule has 0 unspecified atom stereocenters. The summed E-state index contributed by atoms with van der Waals surface area (Å²) in [5.41, 5.74) is -1.20. The molecule has 1 heterocycles. The van der Waals surface area contributed by atoms with Gasteiger partial charge >= 0.3 is 6.18 Å². The van der Waals surface area contributed by atoms with Gasteiger partial charge in [-0.25, -0.2) is 4.68 Å². The van der Waals surface area contributed by atoms with E-state index in [2.05, 4.69) is 10.4 Å². The first kappa shape index (κ1) is 19.6. The molecule has 1 N–H and O–H groups in total. The lowest BCUT2D eigenvalue weighted by molar-refractivity contribution is -0.137. The Bertz CT molecular complexity index is 1090. The van der Waals surface area contributed by atoms with Crippen molar-refractivity contribution in [2.24, 2.45) is 0 Å². The molecule has 2 aromatic carbocycles. The maximum atomic E-state index is 13.0. The summed E-state index contributed by atoms with van der Waals surface area (Å²) in [7, 11) is 0. The number of anilines is 1. The van der Waals surface area contributed by atoms with Crippen molar-refractivity contribution in [3.63, 3.8) is 0 Å². The molecule has 0 atom stereocenters. The molecule has 1 aromatic heterocycles. The van der Waals surface area contributed by atoms with E-state index in [0.717, 1.165) is 22.9 Å². The van der Waals surface area contributed by atoms with E-state index in [4.69, 9.17) is 11.6 Å². The molecule has 0 radical (unpaired) electrons. The fourth-order valence-electron chi connectivity index (χ4n) is 2.50. The Hall–Kier alpha value is -3.13. The molecule has 0 aliphatic carbocycles. The van der Waals surface area contributed by atoms with Crippen LogP contribution in [0.15, 0.2) is 59.4 Å². The highest BCUT2D eigenvalue weighted by Gasteiger charge is 2.30.